The van der Waals surface area contributed by atoms with Gasteiger partial charge in [-0.2, -0.15) is 0 Å². The highest BCUT2D eigenvalue weighted by Gasteiger charge is 2.17. The van der Waals surface area contributed by atoms with Crippen LogP contribution in [0.2, 0.25) is 0 Å². The molecule has 1 amide bonds. The second-order valence-corrected chi connectivity index (χ2v) is 5.33. The number of nitrogens with one attached hydrogen (secondary N) is 1. The van der Waals surface area contributed by atoms with Gasteiger partial charge in [0.15, 0.2) is 0 Å². The summed E-state index contributed by atoms with van der Waals surface area (Å²) in [5.41, 5.74) is 2.33. The van der Waals surface area contributed by atoms with Crippen LogP contribution in [-0.2, 0) is 0 Å². The van der Waals surface area contributed by atoms with Crippen LogP contribution in [0, 0.1) is 24.7 Å². The molecule has 114 valence electrons. The van der Waals surface area contributed by atoms with E-state index in [1.54, 1.807) is 6.07 Å². The first kappa shape index (κ1) is 17.3. The molecule has 3 nitrogen and oxygen atoms in total. The van der Waals surface area contributed by atoms with Crippen molar-refractivity contribution in [2.24, 2.45) is 5.92 Å². The molecule has 0 heterocycles. The maximum absolute atomic E-state index is 12.4. The molecule has 0 saturated carbocycles. The molecule has 0 saturated heterocycles. The minimum absolute atomic E-state index is 0.0560. The third-order valence-electron chi connectivity index (χ3n) is 3.91. The number of aliphatic hydroxyl groups is 1. The predicted octanol–water partition coefficient (Wildman–Crippen LogP) is 2.89. The van der Waals surface area contributed by atoms with Crippen molar-refractivity contribution in [2.75, 3.05) is 6.61 Å². The van der Waals surface area contributed by atoms with Gasteiger partial charge >= 0.3 is 0 Å². The van der Waals surface area contributed by atoms with Crippen molar-refractivity contribution in [3.05, 3.63) is 34.9 Å². The molecule has 1 aromatic carbocycles. The van der Waals surface area contributed by atoms with Crippen LogP contribution in [0.1, 0.15) is 55.1 Å². The second kappa shape index (κ2) is 8.49. The lowest BCUT2D eigenvalue weighted by Gasteiger charge is -2.23. The smallest absolute Gasteiger partial charge is 0.251 e. The lowest BCUT2D eigenvalue weighted by atomic mass is 9.95. The molecule has 0 aliphatic carbocycles. The molecule has 0 aliphatic heterocycles. The molecular formula is C18H25NO2. The normalized spacial score (nSPS) is 11.7. The number of aryl methyl sites for hydroxylation is 1. The molecule has 21 heavy (non-hydrogen) atoms. The number of carbonyl (C=O) groups is 1. The van der Waals surface area contributed by atoms with E-state index in [-0.39, 0.29) is 18.6 Å². The summed E-state index contributed by atoms with van der Waals surface area (Å²) in [6.45, 7) is 8.09. The molecule has 0 fully saturated rings. The van der Waals surface area contributed by atoms with Crippen molar-refractivity contribution in [3.8, 4) is 11.8 Å². The molecule has 1 atom stereocenters. The fourth-order valence-corrected chi connectivity index (χ4v) is 2.48. The van der Waals surface area contributed by atoms with E-state index in [4.69, 9.17) is 5.11 Å². The summed E-state index contributed by atoms with van der Waals surface area (Å²) in [4.78, 5) is 12.4. The number of amides is 1. The Labute approximate surface area is 127 Å². The van der Waals surface area contributed by atoms with Crippen molar-refractivity contribution >= 4 is 5.91 Å². The Kier molecular flexibility index (Phi) is 6.98. The van der Waals surface area contributed by atoms with Crippen molar-refractivity contribution in [1.82, 2.24) is 5.32 Å². The Morgan fingerprint density at radius 3 is 2.57 bits per heavy atom. The van der Waals surface area contributed by atoms with Crippen LogP contribution >= 0.6 is 0 Å². The number of benzene rings is 1. The van der Waals surface area contributed by atoms with Gasteiger partial charge in [-0.1, -0.05) is 44.6 Å². The first-order chi connectivity index (χ1) is 10.0. The average molecular weight is 287 g/mol. The van der Waals surface area contributed by atoms with E-state index < -0.39 is 0 Å². The number of aliphatic hydroxyl groups excluding tert-OH is 1. The first-order valence-electron chi connectivity index (χ1n) is 7.54. The van der Waals surface area contributed by atoms with Crippen molar-refractivity contribution < 1.29 is 9.90 Å². The van der Waals surface area contributed by atoms with Crippen LogP contribution in [0.25, 0.3) is 0 Å². The van der Waals surface area contributed by atoms with E-state index >= 15 is 0 Å². The van der Waals surface area contributed by atoms with Crippen molar-refractivity contribution in [2.45, 2.75) is 46.6 Å². The van der Waals surface area contributed by atoms with Gasteiger partial charge in [-0.15, -0.1) is 0 Å². The lowest BCUT2D eigenvalue weighted by Crippen LogP contribution is -2.38. The highest BCUT2D eigenvalue weighted by Crippen LogP contribution is 2.15. The lowest BCUT2D eigenvalue weighted by molar-refractivity contribution is 0.0924. The van der Waals surface area contributed by atoms with Crippen molar-refractivity contribution in [3.63, 3.8) is 0 Å². The number of carbonyl (C=O) groups excluding carboxylic acids is 1. The summed E-state index contributed by atoms with van der Waals surface area (Å²) in [6, 6.07) is 5.68. The second-order valence-electron chi connectivity index (χ2n) is 5.33. The quantitative estimate of drug-likeness (QED) is 0.818. The van der Waals surface area contributed by atoms with Gasteiger partial charge in [0.1, 0.15) is 6.61 Å². The Morgan fingerprint density at radius 2 is 2.00 bits per heavy atom. The molecular weight excluding hydrogens is 262 g/mol. The third-order valence-corrected chi connectivity index (χ3v) is 3.91. The Hall–Kier alpha value is -1.79. The third kappa shape index (κ3) is 4.91. The highest BCUT2D eigenvalue weighted by molar-refractivity contribution is 5.96. The van der Waals surface area contributed by atoms with Gasteiger partial charge in [-0.25, -0.2) is 0 Å². The Bertz CT molecular complexity index is 536. The molecule has 0 aliphatic rings. The Morgan fingerprint density at radius 1 is 1.33 bits per heavy atom. The maximum Gasteiger partial charge on any atom is 0.251 e. The zero-order chi connectivity index (χ0) is 15.8. The van der Waals surface area contributed by atoms with Gasteiger partial charge in [0, 0.05) is 17.2 Å². The van der Waals surface area contributed by atoms with E-state index in [0.717, 1.165) is 24.0 Å². The molecule has 3 heteroatoms. The number of rotatable bonds is 5. The molecule has 1 rings (SSSR count). The number of hydrogen-bond acceptors (Lipinski definition) is 2. The van der Waals surface area contributed by atoms with Gasteiger partial charge < -0.3 is 10.4 Å². The van der Waals surface area contributed by atoms with Gasteiger partial charge in [0.05, 0.1) is 0 Å². The monoisotopic (exact) mass is 287 g/mol. The van der Waals surface area contributed by atoms with E-state index in [1.165, 1.54) is 0 Å². The van der Waals surface area contributed by atoms with Gasteiger partial charge in [0.25, 0.3) is 5.91 Å². The first-order valence-corrected chi connectivity index (χ1v) is 7.54. The summed E-state index contributed by atoms with van der Waals surface area (Å²) in [5.74, 6) is 5.87. The van der Waals surface area contributed by atoms with Crippen molar-refractivity contribution in [1.29, 1.82) is 0 Å². The summed E-state index contributed by atoms with van der Waals surface area (Å²) in [5, 5.41) is 11.8. The van der Waals surface area contributed by atoms with Crippen LogP contribution in [0.4, 0.5) is 0 Å². The predicted molar refractivity (Wildman–Crippen MR) is 86.1 cm³/mol. The summed E-state index contributed by atoms with van der Waals surface area (Å²) in [7, 11) is 0. The molecule has 0 radical (unpaired) electrons. The van der Waals surface area contributed by atoms with E-state index in [2.05, 4.69) is 37.9 Å². The molecule has 2 N–H and O–H groups in total. The van der Waals surface area contributed by atoms with Crippen LogP contribution in [-0.4, -0.2) is 23.7 Å². The summed E-state index contributed by atoms with van der Waals surface area (Å²) < 4.78 is 0. The maximum atomic E-state index is 12.4. The van der Waals surface area contributed by atoms with E-state index in [0.29, 0.717) is 11.5 Å². The minimum atomic E-state index is -0.179. The van der Waals surface area contributed by atoms with Crippen LogP contribution in [0.5, 0.6) is 0 Å². The van der Waals surface area contributed by atoms with Crippen LogP contribution in [0.3, 0.4) is 0 Å². The van der Waals surface area contributed by atoms with Gasteiger partial charge in [-0.3, -0.25) is 4.79 Å². The summed E-state index contributed by atoms with van der Waals surface area (Å²) in [6.07, 6.45) is 2.11. The Balaban J connectivity index is 2.91. The largest absolute Gasteiger partial charge is 0.384 e. The van der Waals surface area contributed by atoms with Crippen LogP contribution in [0.15, 0.2) is 18.2 Å². The highest BCUT2D eigenvalue weighted by atomic mass is 16.2. The average Bonchev–Trinajstić information content (AvgIpc) is 2.47. The summed E-state index contributed by atoms with van der Waals surface area (Å²) >= 11 is 0. The standard InChI is InChI=1S/C18H25NO2/c1-5-16(6-2)14(4)19-18(21)17-12-15(8-7-11-20)10-9-13(17)3/h9-10,12,14,16,20H,5-6,11H2,1-4H3,(H,19,21). The minimum Gasteiger partial charge on any atom is -0.384 e. The SMILES string of the molecule is CCC(CC)C(C)NC(=O)c1cc(C#CCO)ccc1C. The van der Waals surface area contributed by atoms with E-state index in [9.17, 15) is 4.79 Å². The van der Waals surface area contributed by atoms with E-state index in [1.807, 2.05) is 19.1 Å². The molecule has 0 aromatic heterocycles. The molecule has 1 unspecified atom stereocenters. The fraction of sp³-hybridized carbons (Fsp3) is 0.500. The zero-order valence-corrected chi connectivity index (χ0v) is 13.4. The topological polar surface area (TPSA) is 49.3 Å². The van der Waals surface area contributed by atoms with Crippen LogP contribution < -0.4 is 5.32 Å². The van der Waals surface area contributed by atoms with Gasteiger partial charge in [0.2, 0.25) is 0 Å². The van der Waals surface area contributed by atoms with Gasteiger partial charge in [-0.05, 0) is 37.5 Å². The molecule has 0 spiro atoms. The zero-order valence-electron chi connectivity index (χ0n) is 13.4. The molecule has 1 aromatic rings. The number of hydrogen-bond donors (Lipinski definition) is 2. The molecule has 0 bridgehead atoms. The fourth-order valence-electron chi connectivity index (χ4n) is 2.48.